The van der Waals surface area contributed by atoms with Gasteiger partial charge in [-0.3, -0.25) is 9.69 Å². The van der Waals surface area contributed by atoms with Gasteiger partial charge in [-0.25, -0.2) is 13.2 Å². The third kappa shape index (κ3) is 5.47. The number of nitriles is 1. The lowest BCUT2D eigenvalue weighted by molar-refractivity contribution is -0.137. The SMILES string of the molecule is C=CC(=O)N1CC[C@H](Oc2nc(OC[C@@]34CCCN3C[C@H](F)C4)nc3c(F)c(-c4ccc(F)c5sc(N)c(C#N)c45)c(C(F)(F)F)cc23)[C@H]1C. The first kappa shape index (κ1) is 33.9. The quantitative estimate of drug-likeness (QED) is 0.165. The van der Waals surface area contributed by atoms with E-state index in [1.165, 1.54) is 4.90 Å². The van der Waals surface area contributed by atoms with Gasteiger partial charge in [-0.2, -0.15) is 28.4 Å². The van der Waals surface area contributed by atoms with Crippen LogP contribution in [0.4, 0.5) is 31.3 Å². The molecule has 0 unspecified atom stereocenters. The van der Waals surface area contributed by atoms with Gasteiger partial charge in [-0.05, 0) is 50.1 Å². The van der Waals surface area contributed by atoms with Crippen molar-refractivity contribution in [2.75, 3.05) is 32.0 Å². The Balaban J connectivity index is 1.42. The monoisotopic (exact) mass is 716 g/mol. The molecule has 0 bridgehead atoms. The number of amides is 1. The fourth-order valence-corrected chi connectivity index (χ4v) is 8.57. The van der Waals surface area contributed by atoms with E-state index in [9.17, 15) is 32.0 Å². The van der Waals surface area contributed by atoms with Gasteiger partial charge in [0, 0.05) is 36.9 Å². The van der Waals surface area contributed by atoms with Crippen LogP contribution in [-0.2, 0) is 11.0 Å². The highest BCUT2D eigenvalue weighted by Gasteiger charge is 2.49. The predicted molar refractivity (Wildman–Crippen MR) is 173 cm³/mol. The third-order valence-electron chi connectivity index (χ3n) is 10.0. The largest absolute Gasteiger partial charge is 0.471 e. The van der Waals surface area contributed by atoms with Crippen molar-refractivity contribution in [2.45, 2.75) is 62.6 Å². The molecule has 2 aromatic heterocycles. The maximum Gasteiger partial charge on any atom is 0.417 e. The first-order valence-electron chi connectivity index (χ1n) is 15.9. The highest BCUT2D eigenvalue weighted by Crippen LogP contribution is 2.48. The van der Waals surface area contributed by atoms with E-state index >= 15 is 4.39 Å². The molecule has 16 heteroatoms. The number of aromatic nitrogens is 2. The summed E-state index contributed by atoms with van der Waals surface area (Å²) in [5.74, 6) is -3.07. The molecule has 3 aliphatic heterocycles. The molecule has 0 radical (unpaired) electrons. The van der Waals surface area contributed by atoms with E-state index < -0.39 is 81.2 Å². The zero-order chi connectivity index (χ0) is 35.7. The van der Waals surface area contributed by atoms with Gasteiger partial charge in [0.25, 0.3) is 0 Å². The molecule has 262 valence electrons. The van der Waals surface area contributed by atoms with E-state index in [2.05, 4.69) is 16.5 Å². The molecule has 7 rings (SSSR count). The number of anilines is 1. The Kier molecular flexibility index (Phi) is 8.33. The number of rotatable bonds is 7. The van der Waals surface area contributed by atoms with Crippen molar-refractivity contribution in [1.29, 1.82) is 5.26 Å². The summed E-state index contributed by atoms with van der Waals surface area (Å²) < 4.78 is 103. The Hall–Kier alpha value is -4.62. The average molecular weight is 717 g/mol. The fraction of sp³-hybridized carbons (Fsp3) is 0.412. The van der Waals surface area contributed by atoms with E-state index in [0.717, 1.165) is 24.6 Å². The highest BCUT2D eigenvalue weighted by molar-refractivity contribution is 7.23. The van der Waals surface area contributed by atoms with E-state index in [1.807, 2.05) is 4.90 Å². The molecule has 0 saturated carbocycles. The number of ether oxygens (including phenoxy) is 2. The number of carbonyl (C=O) groups excluding carboxylic acids is 1. The minimum atomic E-state index is -5.16. The number of fused-ring (bicyclic) bond motifs is 3. The Labute approximate surface area is 285 Å². The molecule has 0 spiro atoms. The van der Waals surface area contributed by atoms with Gasteiger partial charge in [0.15, 0.2) is 5.82 Å². The van der Waals surface area contributed by atoms with Crippen LogP contribution in [0.5, 0.6) is 11.9 Å². The first-order valence-corrected chi connectivity index (χ1v) is 16.7. The Morgan fingerprint density at radius 1 is 1.28 bits per heavy atom. The topological polar surface area (TPSA) is 118 Å². The molecule has 3 fully saturated rings. The number of nitrogens with two attached hydrogens (primary N) is 1. The second-order valence-electron chi connectivity index (χ2n) is 12.9. The van der Waals surface area contributed by atoms with Crippen molar-refractivity contribution < 1.29 is 40.6 Å². The molecule has 2 N–H and O–H groups in total. The average Bonchev–Trinajstić information content (AvgIpc) is 3.81. The third-order valence-corrected chi connectivity index (χ3v) is 11.0. The zero-order valence-electron chi connectivity index (χ0n) is 26.6. The van der Waals surface area contributed by atoms with Crippen LogP contribution in [0.2, 0.25) is 0 Å². The lowest BCUT2D eigenvalue weighted by Gasteiger charge is -2.31. The maximum atomic E-state index is 17.0. The molecule has 3 saturated heterocycles. The van der Waals surface area contributed by atoms with Crippen LogP contribution in [0.3, 0.4) is 0 Å². The number of alkyl halides is 4. The summed E-state index contributed by atoms with van der Waals surface area (Å²) in [4.78, 5) is 24.4. The molecule has 50 heavy (non-hydrogen) atoms. The number of hydrogen-bond donors (Lipinski definition) is 1. The summed E-state index contributed by atoms with van der Waals surface area (Å²) in [5.41, 5.74) is 1.56. The number of thiophene rings is 1. The molecule has 3 aliphatic rings. The number of nitrogens with zero attached hydrogens (tertiary/aromatic N) is 5. The van der Waals surface area contributed by atoms with Gasteiger partial charge in [0.05, 0.1) is 32.8 Å². The molecular weight excluding hydrogens is 686 g/mol. The van der Waals surface area contributed by atoms with Gasteiger partial charge < -0.3 is 20.1 Å². The lowest BCUT2D eigenvalue weighted by atomic mass is 9.92. The number of hydrogen-bond acceptors (Lipinski definition) is 9. The van der Waals surface area contributed by atoms with Crippen molar-refractivity contribution >= 4 is 43.2 Å². The Bertz CT molecular complexity index is 2100. The predicted octanol–water partition coefficient (Wildman–Crippen LogP) is 6.77. The molecule has 4 aromatic rings. The van der Waals surface area contributed by atoms with Gasteiger partial charge in [-0.15, -0.1) is 11.3 Å². The van der Waals surface area contributed by atoms with E-state index in [1.54, 1.807) is 13.0 Å². The normalized spacial score (nSPS) is 23.8. The van der Waals surface area contributed by atoms with Crippen LogP contribution in [0, 0.1) is 23.0 Å². The molecular formula is C34H30F6N6O3S. The Morgan fingerprint density at radius 3 is 2.78 bits per heavy atom. The van der Waals surface area contributed by atoms with Crippen LogP contribution in [0.15, 0.2) is 30.9 Å². The minimum absolute atomic E-state index is 0.0623. The van der Waals surface area contributed by atoms with Crippen molar-refractivity contribution in [3.05, 3.63) is 53.6 Å². The molecule has 9 nitrogen and oxygen atoms in total. The smallest absolute Gasteiger partial charge is 0.417 e. The van der Waals surface area contributed by atoms with Crippen LogP contribution in [0.25, 0.3) is 32.1 Å². The summed E-state index contributed by atoms with van der Waals surface area (Å²) in [6.07, 6.45) is -3.91. The van der Waals surface area contributed by atoms with Crippen LogP contribution in [-0.4, -0.2) is 75.8 Å². The number of nitrogen functional groups attached to an aromatic ring is 1. The molecule has 1 amide bonds. The van der Waals surface area contributed by atoms with E-state index in [-0.39, 0.29) is 59.1 Å². The van der Waals surface area contributed by atoms with Gasteiger partial charge >= 0.3 is 12.2 Å². The number of carbonyl (C=O) groups is 1. The minimum Gasteiger partial charge on any atom is -0.471 e. The number of halogens is 6. The van der Waals surface area contributed by atoms with E-state index in [0.29, 0.717) is 30.4 Å². The van der Waals surface area contributed by atoms with Crippen molar-refractivity contribution in [3.63, 3.8) is 0 Å². The van der Waals surface area contributed by atoms with Gasteiger partial charge in [0.1, 0.15) is 41.3 Å². The molecule has 0 aliphatic carbocycles. The van der Waals surface area contributed by atoms with Crippen molar-refractivity contribution in [1.82, 2.24) is 19.8 Å². The second kappa shape index (κ2) is 12.3. The number of likely N-dealkylation sites (tertiary alicyclic amines) is 1. The highest BCUT2D eigenvalue weighted by atomic mass is 32.1. The zero-order valence-corrected chi connectivity index (χ0v) is 27.4. The maximum absolute atomic E-state index is 17.0. The van der Waals surface area contributed by atoms with Gasteiger partial charge in [0.2, 0.25) is 11.8 Å². The van der Waals surface area contributed by atoms with E-state index in [4.69, 9.17) is 15.2 Å². The van der Waals surface area contributed by atoms with Crippen molar-refractivity contribution in [2.24, 2.45) is 0 Å². The fourth-order valence-electron chi connectivity index (χ4n) is 7.62. The molecule has 2 aromatic carbocycles. The van der Waals surface area contributed by atoms with Crippen molar-refractivity contribution in [3.8, 4) is 29.1 Å². The standard InChI is InChI=1S/C34H30F6N6O3S/c1-3-24(47)46-10-7-23(16(46)2)49-31-19-11-21(34(38,39)40)26(18-5-6-22(36)29-25(18)20(13-41)30(42)50-29)27(37)28(19)43-32(44-31)48-15-33-8-4-9-45(33)14-17(35)12-33/h3,5-6,11,16-17,23H,1,4,7-10,12,14-15,42H2,2H3/t16-,17-,23+,33+/m1/s1. The van der Waals surface area contributed by atoms with Crippen LogP contribution in [0.1, 0.15) is 43.7 Å². The van der Waals surface area contributed by atoms with Gasteiger partial charge in [-0.1, -0.05) is 12.6 Å². The summed E-state index contributed by atoms with van der Waals surface area (Å²) in [6.45, 7) is 6.30. The molecule has 4 atom stereocenters. The number of benzene rings is 2. The Morgan fingerprint density at radius 2 is 2.06 bits per heavy atom. The van der Waals surface area contributed by atoms with Crippen LogP contribution < -0.4 is 15.2 Å². The summed E-state index contributed by atoms with van der Waals surface area (Å²) in [5, 5.41) is 8.95. The molecule has 5 heterocycles. The summed E-state index contributed by atoms with van der Waals surface area (Å²) in [6, 6.07) is 3.34. The summed E-state index contributed by atoms with van der Waals surface area (Å²) in [7, 11) is 0. The second-order valence-corrected chi connectivity index (χ2v) is 13.9. The summed E-state index contributed by atoms with van der Waals surface area (Å²) >= 11 is 0.660. The first-order chi connectivity index (χ1) is 23.8. The van der Waals surface area contributed by atoms with Crippen LogP contribution >= 0.6 is 11.3 Å². The lowest BCUT2D eigenvalue weighted by Crippen LogP contribution is -2.43.